The number of rotatable bonds is 2. The topological polar surface area (TPSA) is 0 Å². The van der Waals surface area contributed by atoms with E-state index in [0.717, 1.165) is 0 Å². The molecule has 0 aromatic carbocycles. The molecule has 0 amide bonds. The SMILES string of the molecule is F[CH]CC(F)(F)Cl. The number of alkyl halides is 3. The third-order valence-corrected chi connectivity index (χ3v) is 0.463. The van der Waals surface area contributed by atoms with Gasteiger partial charge in [-0.15, -0.1) is 0 Å². The average Bonchev–Trinajstić information content (AvgIpc) is 1.30. The van der Waals surface area contributed by atoms with Crippen LogP contribution in [0.1, 0.15) is 6.42 Å². The first-order chi connectivity index (χ1) is 3.06. The molecule has 0 aromatic heterocycles. The number of hydrogen-bond acceptors (Lipinski definition) is 0. The van der Waals surface area contributed by atoms with Gasteiger partial charge in [0, 0.05) is 0 Å². The molecule has 0 atom stereocenters. The van der Waals surface area contributed by atoms with Gasteiger partial charge in [0.2, 0.25) is 0 Å². The van der Waals surface area contributed by atoms with Gasteiger partial charge in [0.1, 0.15) is 6.67 Å². The van der Waals surface area contributed by atoms with E-state index in [1.54, 1.807) is 0 Å². The summed E-state index contributed by atoms with van der Waals surface area (Å²) in [5.41, 5.74) is 0. The second kappa shape index (κ2) is 2.40. The van der Waals surface area contributed by atoms with Crippen LogP contribution in [0.3, 0.4) is 0 Å². The van der Waals surface area contributed by atoms with Crippen LogP contribution in [0.25, 0.3) is 0 Å². The fourth-order valence-corrected chi connectivity index (χ4v) is 0.146. The third-order valence-electron chi connectivity index (χ3n) is 0.309. The summed E-state index contributed by atoms with van der Waals surface area (Å²) >= 11 is 4.23. The maximum Gasteiger partial charge on any atom is 0.324 e. The first kappa shape index (κ1) is 7.08. The molecule has 0 bridgehead atoms. The summed E-state index contributed by atoms with van der Waals surface area (Å²) in [6.07, 6.45) is -1.02. The Morgan fingerprint density at radius 1 is 1.57 bits per heavy atom. The maximum absolute atomic E-state index is 11.2. The van der Waals surface area contributed by atoms with Crippen LogP contribution in [0.5, 0.6) is 0 Å². The van der Waals surface area contributed by atoms with Crippen molar-refractivity contribution < 1.29 is 13.2 Å². The molecule has 0 spiro atoms. The van der Waals surface area contributed by atoms with Crippen LogP contribution in [0, 0.1) is 6.67 Å². The van der Waals surface area contributed by atoms with Crippen molar-refractivity contribution >= 4 is 11.6 Å². The molecule has 0 fully saturated rings. The van der Waals surface area contributed by atoms with Gasteiger partial charge in [0.15, 0.2) is 0 Å². The molecule has 7 heavy (non-hydrogen) atoms. The Morgan fingerprint density at radius 3 is 2.00 bits per heavy atom. The molecule has 0 aliphatic carbocycles. The van der Waals surface area contributed by atoms with Crippen molar-refractivity contribution in [3.63, 3.8) is 0 Å². The molecule has 0 aliphatic heterocycles. The zero-order valence-corrected chi connectivity index (χ0v) is 4.05. The molecular formula is C3H3ClF3. The van der Waals surface area contributed by atoms with E-state index in [4.69, 9.17) is 0 Å². The Labute approximate surface area is 44.3 Å². The first-order valence-corrected chi connectivity index (χ1v) is 1.92. The highest BCUT2D eigenvalue weighted by molar-refractivity contribution is 6.21. The first-order valence-electron chi connectivity index (χ1n) is 1.55. The van der Waals surface area contributed by atoms with Crippen molar-refractivity contribution in [3.05, 3.63) is 6.67 Å². The highest BCUT2D eigenvalue weighted by Gasteiger charge is 2.23. The summed E-state index contributed by atoms with van der Waals surface area (Å²) in [4.78, 5) is 0. The van der Waals surface area contributed by atoms with Gasteiger partial charge in [-0.2, -0.15) is 8.78 Å². The third kappa shape index (κ3) is 6.08. The van der Waals surface area contributed by atoms with Gasteiger partial charge in [-0.1, -0.05) is 0 Å². The Kier molecular flexibility index (Phi) is 2.43. The van der Waals surface area contributed by atoms with Gasteiger partial charge in [-0.05, 0) is 11.6 Å². The van der Waals surface area contributed by atoms with E-state index in [2.05, 4.69) is 11.6 Å². The second-order valence-corrected chi connectivity index (χ2v) is 1.53. The molecule has 43 valence electrons. The fraction of sp³-hybridized carbons (Fsp3) is 0.667. The lowest BCUT2D eigenvalue weighted by Crippen LogP contribution is -2.02. The highest BCUT2D eigenvalue weighted by atomic mass is 35.5. The summed E-state index contributed by atoms with van der Waals surface area (Å²) < 4.78 is 33.2. The second-order valence-electron chi connectivity index (χ2n) is 0.974. The molecule has 1 radical (unpaired) electrons. The standard InChI is InChI=1S/C3H3ClF3/c4-3(6,7)1-2-5/h2H,1H2. The zero-order chi connectivity index (χ0) is 5.91. The van der Waals surface area contributed by atoms with Crippen molar-refractivity contribution in [2.45, 2.75) is 11.8 Å². The van der Waals surface area contributed by atoms with E-state index in [1.165, 1.54) is 0 Å². The summed E-state index contributed by atoms with van der Waals surface area (Å²) in [6, 6.07) is 0. The molecule has 0 aromatic rings. The smallest absolute Gasteiger partial charge is 0.244 e. The molecule has 0 N–H and O–H groups in total. The predicted octanol–water partition coefficient (Wildman–Crippen LogP) is 2.34. The minimum absolute atomic E-state index is 0.174. The largest absolute Gasteiger partial charge is 0.324 e. The van der Waals surface area contributed by atoms with Crippen molar-refractivity contribution in [1.29, 1.82) is 0 Å². The van der Waals surface area contributed by atoms with Crippen molar-refractivity contribution in [2.24, 2.45) is 0 Å². The summed E-state index contributed by atoms with van der Waals surface area (Å²) in [7, 11) is 0. The van der Waals surface area contributed by atoms with Crippen LogP contribution in [-0.2, 0) is 0 Å². The molecule has 4 heteroatoms. The van der Waals surface area contributed by atoms with Gasteiger partial charge < -0.3 is 0 Å². The number of halogens is 4. The predicted molar refractivity (Wildman–Crippen MR) is 20.8 cm³/mol. The maximum atomic E-state index is 11.2. The molecule has 0 saturated heterocycles. The molecule has 0 saturated carbocycles. The van der Waals surface area contributed by atoms with E-state index in [-0.39, 0.29) is 6.67 Å². The van der Waals surface area contributed by atoms with Crippen LogP contribution in [0.15, 0.2) is 0 Å². The van der Waals surface area contributed by atoms with Gasteiger partial charge >= 0.3 is 5.38 Å². The van der Waals surface area contributed by atoms with Crippen LogP contribution in [0.4, 0.5) is 13.2 Å². The van der Waals surface area contributed by atoms with Crippen LogP contribution in [-0.4, -0.2) is 5.38 Å². The quantitative estimate of drug-likeness (QED) is 0.505. The summed E-state index contributed by atoms with van der Waals surface area (Å²) in [5, 5.41) is -3.41. The normalized spacial score (nSPS) is 12.0. The Morgan fingerprint density at radius 2 is 2.00 bits per heavy atom. The zero-order valence-electron chi connectivity index (χ0n) is 3.30. The molecule has 0 heterocycles. The lowest BCUT2D eigenvalue weighted by Gasteiger charge is -2.00. The summed E-state index contributed by atoms with van der Waals surface area (Å²) in [5.74, 6) is 0. The Balaban J connectivity index is 3.15. The van der Waals surface area contributed by atoms with E-state index in [9.17, 15) is 13.2 Å². The Bertz CT molecular complexity index is 48.6. The van der Waals surface area contributed by atoms with Crippen LogP contribution in [0.2, 0.25) is 0 Å². The van der Waals surface area contributed by atoms with Crippen molar-refractivity contribution in [2.75, 3.05) is 0 Å². The lowest BCUT2D eigenvalue weighted by molar-refractivity contribution is 0.0887. The van der Waals surface area contributed by atoms with E-state index in [0.29, 0.717) is 0 Å². The van der Waals surface area contributed by atoms with Gasteiger partial charge in [-0.25, -0.2) is 4.39 Å². The van der Waals surface area contributed by atoms with Gasteiger partial charge in [0.05, 0.1) is 6.42 Å². The minimum Gasteiger partial charge on any atom is -0.244 e. The van der Waals surface area contributed by atoms with Crippen molar-refractivity contribution in [3.8, 4) is 0 Å². The molecule has 0 aliphatic rings. The Hall–Kier alpha value is 0.0800. The average molecular weight is 132 g/mol. The molecule has 0 rings (SSSR count). The molecule has 0 unspecified atom stereocenters. The van der Waals surface area contributed by atoms with Crippen LogP contribution < -0.4 is 0 Å². The monoisotopic (exact) mass is 131 g/mol. The summed E-state index contributed by atoms with van der Waals surface area (Å²) in [6.45, 7) is -0.174. The van der Waals surface area contributed by atoms with E-state index < -0.39 is 11.8 Å². The van der Waals surface area contributed by atoms with Crippen LogP contribution >= 0.6 is 11.6 Å². The minimum atomic E-state index is -3.41. The molecule has 0 nitrogen and oxygen atoms in total. The van der Waals surface area contributed by atoms with E-state index in [1.807, 2.05) is 0 Å². The fourth-order valence-electron chi connectivity index (χ4n) is 0.0875. The van der Waals surface area contributed by atoms with E-state index >= 15 is 0 Å². The van der Waals surface area contributed by atoms with Gasteiger partial charge in [-0.3, -0.25) is 0 Å². The van der Waals surface area contributed by atoms with Gasteiger partial charge in [0.25, 0.3) is 0 Å². The number of hydrogen-bond donors (Lipinski definition) is 0. The van der Waals surface area contributed by atoms with Crippen molar-refractivity contribution in [1.82, 2.24) is 0 Å². The molecular weight excluding hydrogens is 128 g/mol. The lowest BCUT2D eigenvalue weighted by atomic mass is 10.5. The highest BCUT2D eigenvalue weighted by Crippen LogP contribution is 2.23.